The molecule has 3 rings (SSSR count). The fourth-order valence-electron chi connectivity index (χ4n) is 2.48. The first-order valence-electron chi connectivity index (χ1n) is 8.36. The molecule has 0 spiro atoms. The molecule has 2 aromatic heterocycles. The maximum absolute atomic E-state index is 12.0. The van der Waals surface area contributed by atoms with E-state index in [1.165, 1.54) is 11.8 Å². The van der Waals surface area contributed by atoms with Crippen LogP contribution in [0.4, 0.5) is 0 Å². The average molecular weight is 358 g/mol. The Bertz CT molecular complexity index is 807. The normalized spacial score (nSPS) is 11.3. The zero-order valence-electron chi connectivity index (χ0n) is 14.4. The number of hydrogen-bond acceptors (Lipinski definition) is 5. The van der Waals surface area contributed by atoms with E-state index in [0.29, 0.717) is 12.3 Å². The summed E-state index contributed by atoms with van der Waals surface area (Å²) in [6.07, 6.45) is 3.35. The third kappa shape index (κ3) is 4.60. The van der Waals surface area contributed by atoms with Gasteiger partial charge in [-0.15, -0.1) is 10.2 Å². The summed E-state index contributed by atoms with van der Waals surface area (Å²) in [7, 11) is 0. The van der Waals surface area contributed by atoms with E-state index in [4.69, 9.17) is 0 Å². The summed E-state index contributed by atoms with van der Waals surface area (Å²) in [6.45, 7) is 4.75. The van der Waals surface area contributed by atoms with Crippen LogP contribution >= 0.6 is 11.8 Å². The maximum atomic E-state index is 12.0. The number of para-hydroxylation sites is 2. The lowest BCUT2D eigenvalue weighted by molar-refractivity contribution is -0.118. The number of aryl methyl sites for hydroxylation is 1. The van der Waals surface area contributed by atoms with Gasteiger partial charge in [0.1, 0.15) is 12.2 Å². The maximum Gasteiger partial charge on any atom is 0.230 e. The zero-order valence-corrected chi connectivity index (χ0v) is 15.2. The van der Waals surface area contributed by atoms with Gasteiger partial charge in [-0.3, -0.25) is 4.79 Å². The van der Waals surface area contributed by atoms with Crippen LogP contribution in [0.5, 0.6) is 0 Å². The Kier molecular flexibility index (Phi) is 5.70. The lowest BCUT2D eigenvalue weighted by atomic mass is 10.3. The molecule has 132 valence electrons. The van der Waals surface area contributed by atoms with Gasteiger partial charge in [0.25, 0.3) is 0 Å². The van der Waals surface area contributed by atoms with E-state index in [9.17, 15) is 4.79 Å². The molecule has 25 heavy (non-hydrogen) atoms. The Balaban J connectivity index is 1.38. The van der Waals surface area contributed by atoms with Gasteiger partial charge in [-0.1, -0.05) is 23.9 Å². The van der Waals surface area contributed by atoms with Gasteiger partial charge in [0.05, 0.1) is 16.8 Å². The Hall–Kier alpha value is -2.35. The van der Waals surface area contributed by atoms with Crippen molar-refractivity contribution in [1.29, 1.82) is 0 Å². The number of fused-ring (bicyclic) bond motifs is 1. The minimum Gasteiger partial charge on any atom is -0.355 e. The number of hydrogen-bond donors (Lipinski definition) is 2. The van der Waals surface area contributed by atoms with Gasteiger partial charge < -0.3 is 14.9 Å². The van der Waals surface area contributed by atoms with E-state index in [0.717, 1.165) is 34.9 Å². The number of imidazole rings is 1. The summed E-state index contributed by atoms with van der Waals surface area (Å²) in [5, 5.41) is 11.7. The monoisotopic (exact) mass is 358 g/mol. The van der Waals surface area contributed by atoms with E-state index < -0.39 is 0 Å². The first-order valence-corrected chi connectivity index (χ1v) is 9.34. The number of nitrogens with zero attached hydrogens (tertiary/aromatic N) is 4. The van der Waals surface area contributed by atoms with Gasteiger partial charge >= 0.3 is 0 Å². The van der Waals surface area contributed by atoms with Crippen molar-refractivity contribution < 1.29 is 4.79 Å². The molecule has 0 saturated carbocycles. The molecule has 0 bridgehead atoms. The van der Waals surface area contributed by atoms with E-state index in [1.54, 1.807) is 6.33 Å². The van der Waals surface area contributed by atoms with Gasteiger partial charge in [0, 0.05) is 19.0 Å². The molecule has 0 aliphatic carbocycles. The highest BCUT2D eigenvalue weighted by Gasteiger charge is 2.10. The fourth-order valence-corrected chi connectivity index (χ4v) is 3.35. The van der Waals surface area contributed by atoms with Gasteiger partial charge in [-0.2, -0.15) is 0 Å². The summed E-state index contributed by atoms with van der Waals surface area (Å²) in [5.74, 6) is 1.30. The first kappa shape index (κ1) is 17.5. The second-order valence-corrected chi connectivity index (χ2v) is 7.00. The van der Waals surface area contributed by atoms with Crippen molar-refractivity contribution in [3.8, 4) is 0 Å². The van der Waals surface area contributed by atoms with Crippen LogP contribution in [-0.4, -0.2) is 42.9 Å². The molecule has 0 aliphatic rings. The highest BCUT2D eigenvalue weighted by Crippen LogP contribution is 2.18. The molecule has 0 atom stereocenters. The van der Waals surface area contributed by atoms with Crippen LogP contribution in [-0.2, 0) is 11.2 Å². The van der Waals surface area contributed by atoms with Crippen LogP contribution in [0.15, 0.2) is 35.7 Å². The molecule has 0 aliphatic heterocycles. The molecule has 0 radical (unpaired) electrons. The number of benzene rings is 1. The molecule has 0 unspecified atom stereocenters. The Labute approximate surface area is 150 Å². The molecule has 2 heterocycles. The number of rotatable bonds is 8. The fraction of sp³-hybridized carbons (Fsp3) is 0.412. The summed E-state index contributed by atoms with van der Waals surface area (Å²) in [5.41, 5.74) is 2.03. The highest BCUT2D eigenvalue weighted by atomic mass is 32.2. The van der Waals surface area contributed by atoms with Gasteiger partial charge in [0.15, 0.2) is 5.16 Å². The van der Waals surface area contributed by atoms with E-state index in [1.807, 2.05) is 28.8 Å². The molecular formula is C17H22N6OS. The largest absolute Gasteiger partial charge is 0.355 e. The summed E-state index contributed by atoms with van der Waals surface area (Å²) in [4.78, 5) is 19.8. The minimum atomic E-state index is 0.00733. The van der Waals surface area contributed by atoms with Crippen molar-refractivity contribution in [2.45, 2.75) is 37.9 Å². The highest BCUT2D eigenvalue weighted by molar-refractivity contribution is 7.99. The summed E-state index contributed by atoms with van der Waals surface area (Å²) >= 11 is 1.41. The predicted molar refractivity (Wildman–Crippen MR) is 98.6 cm³/mol. The van der Waals surface area contributed by atoms with E-state index >= 15 is 0 Å². The molecular weight excluding hydrogens is 336 g/mol. The molecule has 8 heteroatoms. The number of amides is 1. The van der Waals surface area contributed by atoms with Gasteiger partial charge in [0.2, 0.25) is 5.91 Å². The van der Waals surface area contributed by atoms with Gasteiger partial charge in [-0.05, 0) is 32.4 Å². The van der Waals surface area contributed by atoms with Gasteiger partial charge in [-0.25, -0.2) is 4.98 Å². The summed E-state index contributed by atoms with van der Waals surface area (Å²) in [6, 6.07) is 8.25. The van der Waals surface area contributed by atoms with Crippen molar-refractivity contribution >= 4 is 28.7 Å². The Morgan fingerprint density at radius 1 is 1.36 bits per heavy atom. The third-order valence-corrected chi connectivity index (χ3v) is 4.74. The van der Waals surface area contributed by atoms with Crippen molar-refractivity contribution in [3.05, 3.63) is 36.4 Å². The van der Waals surface area contributed by atoms with Crippen molar-refractivity contribution in [2.75, 3.05) is 12.3 Å². The number of H-pyrrole nitrogens is 1. The molecule has 1 amide bonds. The number of carbonyl (C=O) groups excluding carboxylic acids is 1. The average Bonchev–Trinajstić information content (AvgIpc) is 3.22. The Morgan fingerprint density at radius 3 is 3.00 bits per heavy atom. The van der Waals surface area contributed by atoms with Crippen LogP contribution in [0.2, 0.25) is 0 Å². The molecule has 3 aromatic rings. The molecule has 2 N–H and O–H groups in total. The number of aromatic nitrogens is 5. The van der Waals surface area contributed by atoms with Crippen molar-refractivity contribution in [2.24, 2.45) is 0 Å². The number of thioether (sulfide) groups is 1. The van der Waals surface area contributed by atoms with E-state index in [2.05, 4.69) is 39.3 Å². The number of carbonyl (C=O) groups is 1. The zero-order chi connectivity index (χ0) is 17.6. The van der Waals surface area contributed by atoms with Crippen LogP contribution in [0.1, 0.15) is 32.1 Å². The predicted octanol–water partition coefficient (Wildman–Crippen LogP) is 2.58. The molecule has 0 saturated heterocycles. The molecule has 7 nitrogen and oxygen atoms in total. The van der Waals surface area contributed by atoms with E-state index in [-0.39, 0.29) is 11.9 Å². The first-order chi connectivity index (χ1) is 12.1. The minimum absolute atomic E-state index is 0.00733. The molecule has 0 fully saturated rings. The standard InChI is InChI=1S/C17H22N6OS/c1-12(2)23-11-19-22-17(23)25-10-16(24)18-9-5-8-15-20-13-6-3-4-7-14(13)21-15/h3-4,6-7,11-12H,5,8-10H2,1-2H3,(H,18,24)(H,20,21). The second kappa shape index (κ2) is 8.15. The lowest BCUT2D eigenvalue weighted by Crippen LogP contribution is -2.26. The second-order valence-electron chi connectivity index (χ2n) is 6.06. The third-order valence-electron chi connectivity index (χ3n) is 3.78. The topological polar surface area (TPSA) is 88.5 Å². The number of aromatic amines is 1. The SMILES string of the molecule is CC(C)n1cnnc1SCC(=O)NCCCc1nc2ccccc2[nH]1. The Morgan fingerprint density at radius 2 is 2.20 bits per heavy atom. The van der Waals surface area contributed by atoms with Crippen LogP contribution in [0.3, 0.4) is 0 Å². The molecule has 1 aromatic carbocycles. The number of nitrogens with one attached hydrogen (secondary N) is 2. The van der Waals surface area contributed by atoms with Crippen LogP contribution in [0, 0.1) is 0 Å². The van der Waals surface area contributed by atoms with Crippen molar-refractivity contribution in [3.63, 3.8) is 0 Å². The smallest absolute Gasteiger partial charge is 0.230 e. The van der Waals surface area contributed by atoms with Crippen LogP contribution in [0.25, 0.3) is 11.0 Å². The lowest BCUT2D eigenvalue weighted by Gasteiger charge is -2.09. The van der Waals surface area contributed by atoms with Crippen LogP contribution < -0.4 is 5.32 Å². The summed E-state index contributed by atoms with van der Waals surface area (Å²) < 4.78 is 1.96. The van der Waals surface area contributed by atoms with Crippen molar-refractivity contribution in [1.82, 2.24) is 30.0 Å². The quantitative estimate of drug-likeness (QED) is 0.477.